The molecule has 1 fully saturated rings. The van der Waals surface area contributed by atoms with Crippen molar-refractivity contribution in [1.29, 1.82) is 0 Å². The van der Waals surface area contributed by atoms with E-state index in [0.29, 0.717) is 6.61 Å². The third-order valence-electron chi connectivity index (χ3n) is 3.74. The predicted molar refractivity (Wildman–Crippen MR) is 79.6 cm³/mol. The Morgan fingerprint density at radius 1 is 1.19 bits per heavy atom. The maximum Gasteiger partial charge on any atom is 0.123 e. The van der Waals surface area contributed by atoms with E-state index in [1.54, 1.807) is 18.2 Å². The number of hydrogen-bond donors (Lipinski definition) is 2. The summed E-state index contributed by atoms with van der Waals surface area (Å²) in [7, 11) is 0. The van der Waals surface area contributed by atoms with Gasteiger partial charge in [-0.15, -0.1) is 0 Å². The maximum absolute atomic E-state index is 13.5. The zero-order valence-corrected chi connectivity index (χ0v) is 11.7. The average Bonchev–Trinajstić information content (AvgIpc) is 3.00. The van der Waals surface area contributed by atoms with Crippen LogP contribution in [0.1, 0.15) is 12.0 Å². The summed E-state index contributed by atoms with van der Waals surface area (Å²) in [6, 6.07) is 11.6. The van der Waals surface area contributed by atoms with E-state index < -0.39 is 0 Å². The van der Waals surface area contributed by atoms with E-state index in [2.05, 4.69) is 5.32 Å². The lowest BCUT2D eigenvalue weighted by Gasteiger charge is -2.14. The van der Waals surface area contributed by atoms with Gasteiger partial charge in [-0.1, -0.05) is 18.2 Å². The predicted octanol–water partition coefficient (Wildman–Crippen LogP) is 3.08. The standard InChI is InChI=1S/C17H18FNO2/c18-14-3-6-17(12-1-4-15(20)5-2-12)13(9-14)11-21-16-7-8-19-10-16/h1-6,9,16,19-20H,7-8,10-11H2/t16-/m0/s1. The molecule has 1 aliphatic heterocycles. The summed E-state index contributed by atoms with van der Waals surface area (Å²) in [5.41, 5.74) is 2.70. The first kappa shape index (κ1) is 14.0. The number of nitrogens with one attached hydrogen (secondary N) is 1. The van der Waals surface area contributed by atoms with Crippen LogP contribution in [0.2, 0.25) is 0 Å². The molecule has 110 valence electrons. The van der Waals surface area contributed by atoms with Crippen LogP contribution in [0.4, 0.5) is 4.39 Å². The minimum absolute atomic E-state index is 0.195. The lowest BCUT2D eigenvalue weighted by atomic mass is 10.00. The fourth-order valence-corrected chi connectivity index (χ4v) is 2.58. The summed E-state index contributed by atoms with van der Waals surface area (Å²) >= 11 is 0. The molecule has 4 heteroatoms. The molecule has 3 nitrogen and oxygen atoms in total. The normalized spacial score (nSPS) is 18.0. The molecule has 1 aliphatic rings. The Morgan fingerprint density at radius 3 is 2.71 bits per heavy atom. The zero-order chi connectivity index (χ0) is 14.7. The summed E-state index contributed by atoms with van der Waals surface area (Å²) in [5.74, 6) is -0.0450. The van der Waals surface area contributed by atoms with Gasteiger partial charge in [0.2, 0.25) is 0 Å². The van der Waals surface area contributed by atoms with Gasteiger partial charge in [-0.05, 0) is 53.9 Å². The van der Waals surface area contributed by atoms with Crippen LogP contribution in [0.5, 0.6) is 5.75 Å². The van der Waals surface area contributed by atoms with Gasteiger partial charge < -0.3 is 15.2 Å². The van der Waals surface area contributed by atoms with Gasteiger partial charge in [0.1, 0.15) is 11.6 Å². The summed E-state index contributed by atoms with van der Waals surface area (Å²) < 4.78 is 19.4. The van der Waals surface area contributed by atoms with Crippen molar-refractivity contribution < 1.29 is 14.2 Å². The number of halogens is 1. The molecule has 1 atom stereocenters. The van der Waals surface area contributed by atoms with Crippen LogP contribution < -0.4 is 5.32 Å². The lowest BCUT2D eigenvalue weighted by molar-refractivity contribution is 0.0543. The Labute approximate surface area is 123 Å². The second-order valence-electron chi connectivity index (χ2n) is 5.27. The number of benzene rings is 2. The molecule has 0 radical (unpaired) electrons. The third-order valence-corrected chi connectivity index (χ3v) is 3.74. The molecule has 2 aromatic rings. The van der Waals surface area contributed by atoms with Gasteiger partial charge in [0, 0.05) is 6.54 Å². The van der Waals surface area contributed by atoms with Gasteiger partial charge in [-0.3, -0.25) is 0 Å². The van der Waals surface area contributed by atoms with Crippen molar-refractivity contribution in [3.63, 3.8) is 0 Å². The molecule has 21 heavy (non-hydrogen) atoms. The van der Waals surface area contributed by atoms with Crippen LogP contribution in [0.3, 0.4) is 0 Å². The average molecular weight is 287 g/mol. The minimum Gasteiger partial charge on any atom is -0.508 e. The molecule has 0 unspecified atom stereocenters. The van der Waals surface area contributed by atoms with Crippen molar-refractivity contribution in [1.82, 2.24) is 5.32 Å². The molecule has 0 bridgehead atoms. The van der Waals surface area contributed by atoms with E-state index in [-0.39, 0.29) is 17.7 Å². The van der Waals surface area contributed by atoms with E-state index in [4.69, 9.17) is 4.74 Å². The summed E-state index contributed by atoms with van der Waals surface area (Å²) in [6.45, 7) is 2.21. The van der Waals surface area contributed by atoms with Crippen LogP contribution in [0.25, 0.3) is 11.1 Å². The monoisotopic (exact) mass is 287 g/mol. The number of ether oxygens (including phenoxy) is 1. The highest BCUT2D eigenvalue weighted by Gasteiger charge is 2.16. The number of phenols is 1. The Bertz CT molecular complexity index is 607. The molecule has 0 spiro atoms. The fourth-order valence-electron chi connectivity index (χ4n) is 2.58. The Balaban J connectivity index is 1.83. The molecule has 0 saturated carbocycles. The van der Waals surface area contributed by atoms with Crippen LogP contribution >= 0.6 is 0 Å². The molecule has 3 rings (SSSR count). The Morgan fingerprint density at radius 2 is 2.00 bits per heavy atom. The van der Waals surface area contributed by atoms with Crippen molar-refractivity contribution in [3.8, 4) is 16.9 Å². The van der Waals surface area contributed by atoms with E-state index in [9.17, 15) is 9.50 Å². The maximum atomic E-state index is 13.5. The van der Waals surface area contributed by atoms with Crippen molar-refractivity contribution in [2.24, 2.45) is 0 Å². The van der Waals surface area contributed by atoms with E-state index in [0.717, 1.165) is 36.2 Å². The third kappa shape index (κ3) is 3.40. The van der Waals surface area contributed by atoms with Crippen molar-refractivity contribution in [2.45, 2.75) is 19.1 Å². The Kier molecular flexibility index (Phi) is 4.18. The van der Waals surface area contributed by atoms with E-state index in [1.807, 2.05) is 12.1 Å². The Hall–Kier alpha value is -1.91. The largest absolute Gasteiger partial charge is 0.508 e. The van der Waals surface area contributed by atoms with Gasteiger partial charge in [0.05, 0.1) is 12.7 Å². The highest BCUT2D eigenvalue weighted by atomic mass is 19.1. The first-order valence-corrected chi connectivity index (χ1v) is 7.12. The van der Waals surface area contributed by atoms with Crippen LogP contribution in [-0.2, 0) is 11.3 Å². The van der Waals surface area contributed by atoms with Crippen molar-refractivity contribution >= 4 is 0 Å². The van der Waals surface area contributed by atoms with Crippen LogP contribution in [0.15, 0.2) is 42.5 Å². The number of phenolic OH excluding ortho intramolecular Hbond substituents is 1. The second-order valence-corrected chi connectivity index (χ2v) is 5.27. The lowest BCUT2D eigenvalue weighted by Crippen LogP contribution is -2.16. The van der Waals surface area contributed by atoms with Gasteiger partial charge in [0.15, 0.2) is 0 Å². The fraction of sp³-hybridized carbons (Fsp3) is 0.294. The van der Waals surface area contributed by atoms with E-state index in [1.165, 1.54) is 12.1 Å². The molecule has 0 amide bonds. The zero-order valence-electron chi connectivity index (χ0n) is 11.7. The highest BCUT2D eigenvalue weighted by Crippen LogP contribution is 2.27. The minimum atomic E-state index is -0.263. The van der Waals surface area contributed by atoms with Crippen LogP contribution in [0, 0.1) is 5.82 Å². The molecular weight excluding hydrogens is 269 g/mol. The smallest absolute Gasteiger partial charge is 0.123 e. The molecule has 2 N–H and O–H groups in total. The van der Waals surface area contributed by atoms with E-state index >= 15 is 0 Å². The van der Waals surface area contributed by atoms with Crippen LogP contribution in [-0.4, -0.2) is 24.3 Å². The SMILES string of the molecule is Oc1ccc(-c2ccc(F)cc2CO[C@H]2CCNC2)cc1. The molecular formula is C17H18FNO2. The molecule has 1 heterocycles. The van der Waals surface area contributed by atoms with Gasteiger partial charge in [0.25, 0.3) is 0 Å². The van der Waals surface area contributed by atoms with Crippen molar-refractivity contribution in [3.05, 3.63) is 53.8 Å². The molecule has 0 aliphatic carbocycles. The van der Waals surface area contributed by atoms with Gasteiger partial charge in [-0.25, -0.2) is 4.39 Å². The molecule has 2 aromatic carbocycles. The number of rotatable bonds is 4. The molecule has 1 saturated heterocycles. The quantitative estimate of drug-likeness (QED) is 0.908. The first-order valence-electron chi connectivity index (χ1n) is 7.12. The van der Waals surface area contributed by atoms with Gasteiger partial charge in [-0.2, -0.15) is 0 Å². The molecule has 0 aromatic heterocycles. The summed E-state index contributed by atoms with van der Waals surface area (Å²) in [6.07, 6.45) is 1.19. The summed E-state index contributed by atoms with van der Waals surface area (Å²) in [5, 5.41) is 12.6. The topological polar surface area (TPSA) is 41.5 Å². The highest BCUT2D eigenvalue weighted by molar-refractivity contribution is 5.67. The first-order chi connectivity index (χ1) is 10.2. The number of aromatic hydroxyl groups is 1. The van der Waals surface area contributed by atoms with Crippen molar-refractivity contribution in [2.75, 3.05) is 13.1 Å². The van der Waals surface area contributed by atoms with Gasteiger partial charge >= 0.3 is 0 Å². The second kappa shape index (κ2) is 6.24. The summed E-state index contributed by atoms with van der Waals surface area (Å²) in [4.78, 5) is 0. The number of hydrogen-bond acceptors (Lipinski definition) is 3.